The fourth-order valence-electron chi connectivity index (χ4n) is 2.22. The summed E-state index contributed by atoms with van der Waals surface area (Å²) in [6.45, 7) is 0.0142. The van der Waals surface area contributed by atoms with Crippen molar-refractivity contribution in [2.75, 3.05) is 6.54 Å². The molecule has 1 saturated heterocycles. The number of amides is 1. The Balaban J connectivity index is 2.05. The van der Waals surface area contributed by atoms with Gasteiger partial charge in [0.05, 0.1) is 0 Å². The summed E-state index contributed by atoms with van der Waals surface area (Å²) >= 11 is 0. The lowest BCUT2D eigenvalue weighted by Crippen LogP contribution is -2.50. The molecule has 0 aliphatic carbocycles. The molecule has 1 aliphatic heterocycles. The highest BCUT2D eigenvalue weighted by molar-refractivity contribution is 5.77. The molecule has 7 heteroatoms. The van der Waals surface area contributed by atoms with E-state index in [1.807, 2.05) is 0 Å². The average Bonchev–Trinajstić information content (AvgIpc) is 2.76. The number of carbonyl (C=O) groups excluding carboxylic acids is 1. The first-order chi connectivity index (χ1) is 9.38. The maximum Gasteiger partial charge on any atom is 0.405 e. The van der Waals surface area contributed by atoms with E-state index in [1.54, 1.807) is 6.07 Å². The Bertz CT molecular complexity index is 490. The number of alkyl halides is 3. The summed E-state index contributed by atoms with van der Waals surface area (Å²) in [6.07, 6.45) is -4.76. The largest absolute Gasteiger partial charge is 0.405 e. The molecule has 1 fully saturated rings. The van der Waals surface area contributed by atoms with Gasteiger partial charge < -0.3 is 0 Å². The summed E-state index contributed by atoms with van der Waals surface area (Å²) in [5.74, 6) is -0.941. The van der Waals surface area contributed by atoms with Crippen molar-refractivity contribution >= 4 is 5.91 Å². The molecule has 1 N–H and O–H groups in total. The van der Waals surface area contributed by atoms with Gasteiger partial charge in [-0.05, 0) is 24.5 Å². The first-order valence-electron chi connectivity index (χ1n) is 6.24. The lowest BCUT2D eigenvalue weighted by atomic mass is 10.0. The second kappa shape index (κ2) is 5.78. The SMILES string of the molecule is O=C1CCN([C@@H](CCc2ccccc2F)C(F)(F)F)N1. The number of carbonyl (C=O) groups is 1. The molecule has 1 amide bonds. The molecule has 0 aromatic heterocycles. The van der Waals surface area contributed by atoms with Gasteiger partial charge in [0, 0.05) is 13.0 Å². The number of rotatable bonds is 4. The molecule has 0 radical (unpaired) electrons. The predicted octanol–water partition coefficient (Wildman–Crippen LogP) is 2.43. The van der Waals surface area contributed by atoms with E-state index in [9.17, 15) is 22.4 Å². The molecule has 0 saturated carbocycles. The Hall–Kier alpha value is -1.63. The van der Waals surface area contributed by atoms with Gasteiger partial charge in [-0.15, -0.1) is 0 Å². The van der Waals surface area contributed by atoms with E-state index in [0.29, 0.717) is 0 Å². The van der Waals surface area contributed by atoms with Gasteiger partial charge in [0.1, 0.15) is 11.9 Å². The molecular formula is C13H14F4N2O. The first kappa shape index (κ1) is 14.8. The molecule has 0 bridgehead atoms. The number of benzene rings is 1. The Labute approximate surface area is 113 Å². The molecule has 1 aromatic rings. The fourth-order valence-corrected chi connectivity index (χ4v) is 2.22. The highest BCUT2D eigenvalue weighted by atomic mass is 19.4. The zero-order valence-electron chi connectivity index (χ0n) is 10.6. The van der Waals surface area contributed by atoms with Gasteiger partial charge in [0.15, 0.2) is 0 Å². The normalized spacial score (nSPS) is 18.1. The Morgan fingerprint density at radius 1 is 1.30 bits per heavy atom. The number of nitrogens with one attached hydrogen (secondary N) is 1. The first-order valence-corrected chi connectivity index (χ1v) is 6.24. The highest BCUT2D eigenvalue weighted by Crippen LogP contribution is 2.29. The lowest BCUT2D eigenvalue weighted by Gasteiger charge is -2.28. The number of hydrogen-bond donors (Lipinski definition) is 1. The van der Waals surface area contributed by atoms with Gasteiger partial charge >= 0.3 is 6.18 Å². The van der Waals surface area contributed by atoms with E-state index in [-0.39, 0.29) is 31.4 Å². The second-order valence-corrected chi connectivity index (χ2v) is 4.67. The van der Waals surface area contributed by atoms with E-state index in [2.05, 4.69) is 5.43 Å². The van der Waals surface area contributed by atoms with Crippen molar-refractivity contribution in [1.82, 2.24) is 10.4 Å². The van der Waals surface area contributed by atoms with Crippen LogP contribution in [0.2, 0.25) is 0 Å². The van der Waals surface area contributed by atoms with Crippen molar-refractivity contribution in [3.8, 4) is 0 Å². The summed E-state index contributed by atoms with van der Waals surface area (Å²) in [7, 11) is 0. The van der Waals surface area contributed by atoms with Crippen LogP contribution in [0.15, 0.2) is 24.3 Å². The molecule has 1 aromatic carbocycles. The molecule has 3 nitrogen and oxygen atoms in total. The van der Waals surface area contributed by atoms with Gasteiger partial charge in [-0.25, -0.2) is 9.40 Å². The highest BCUT2D eigenvalue weighted by Gasteiger charge is 2.45. The summed E-state index contributed by atoms with van der Waals surface area (Å²) in [4.78, 5) is 11.0. The molecule has 110 valence electrons. The van der Waals surface area contributed by atoms with Crippen molar-refractivity contribution in [2.45, 2.75) is 31.5 Å². The van der Waals surface area contributed by atoms with Crippen LogP contribution in [0.3, 0.4) is 0 Å². The Kier molecular flexibility index (Phi) is 4.27. The third kappa shape index (κ3) is 3.47. The number of nitrogens with zero attached hydrogens (tertiary/aromatic N) is 1. The van der Waals surface area contributed by atoms with Crippen LogP contribution in [-0.4, -0.2) is 29.7 Å². The van der Waals surface area contributed by atoms with Crippen molar-refractivity contribution in [3.63, 3.8) is 0 Å². The van der Waals surface area contributed by atoms with E-state index < -0.39 is 23.9 Å². The van der Waals surface area contributed by atoms with E-state index in [4.69, 9.17) is 0 Å². The third-order valence-electron chi connectivity index (χ3n) is 3.25. The van der Waals surface area contributed by atoms with E-state index in [0.717, 1.165) is 5.01 Å². The smallest absolute Gasteiger partial charge is 0.288 e. The standard InChI is InChI=1S/C13H14F4N2O/c14-10-4-2-1-3-9(10)5-6-11(13(15,16)17)19-8-7-12(20)18-19/h1-4,11H,5-8H2,(H,18,20)/t11-/m0/s1. The van der Waals surface area contributed by atoms with E-state index >= 15 is 0 Å². The maximum absolute atomic E-state index is 13.4. The van der Waals surface area contributed by atoms with E-state index in [1.165, 1.54) is 18.2 Å². The number of aryl methyl sites for hydroxylation is 1. The maximum atomic E-state index is 13.4. The van der Waals surface area contributed by atoms with Crippen molar-refractivity contribution in [1.29, 1.82) is 0 Å². The number of halogens is 4. The van der Waals surface area contributed by atoms with Crippen LogP contribution in [0.5, 0.6) is 0 Å². The molecule has 2 rings (SSSR count). The second-order valence-electron chi connectivity index (χ2n) is 4.67. The summed E-state index contributed by atoms with van der Waals surface area (Å²) in [6, 6.07) is 3.95. The topological polar surface area (TPSA) is 32.3 Å². The summed E-state index contributed by atoms with van der Waals surface area (Å²) < 4.78 is 52.5. The van der Waals surface area contributed by atoms with Crippen LogP contribution in [0.4, 0.5) is 17.6 Å². The van der Waals surface area contributed by atoms with Crippen molar-refractivity contribution < 1.29 is 22.4 Å². The van der Waals surface area contributed by atoms with Crippen LogP contribution < -0.4 is 5.43 Å². The minimum Gasteiger partial charge on any atom is -0.288 e. The molecular weight excluding hydrogens is 276 g/mol. The predicted molar refractivity (Wildman–Crippen MR) is 64.0 cm³/mol. The number of hydrogen-bond acceptors (Lipinski definition) is 2. The van der Waals surface area contributed by atoms with Gasteiger partial charge in [0.25, 0.3) is 0 Å². The molecule has 1 atom stereocenters. The number of hydrazine groups is 1. The van der Waals surface area contributed by atoms with Crippen LogP contribution in [0.1, 0.15) is 18.4 Å². The monoisotopic (exact) mass is 290 g/mol. The minimum absolute atomic E-state index is 0.0142. The van der Waals surface area contributed by atoms with Crippen molar-refractivity contribution in [2.24, 2.45) is 0 Å². The van der Waals surface area contributed by atoms with Gasteiger partial charge in [-0.1, -0.05) is 18.2 Å². The zero-order valence-corrected chi connectivity index (χ0v) is 10.6. The van der Waals surface area contributed by atoms with Gasteiger partial charge in [0.2, 0.25) is 5.91 Å². The van der Waals surface area contributed by atoms with Crippen molar-refractivity contribution in [3.05, 3.63) is 35.6 Å². The molecule has 20 heavy (non-hydrogen) atoms. The summed E-state index contributed by atoms with van der Waals surface area (Å²) in [5, 5.41) is 0.892. The molecule has 1 aliphatic rings. The molecule has 0 spiro atoms. The fraction of sp³-hybridized carbons (Fsp3) is 0.462. The van der Waals surface area contributed by atoms with Gasteiger partial charge in [-0.3, -0.25) is 10.2 Å². The molecule has 0 unspecified atom stereocenters. The lowest BCUT2D eigenvalue weighted by molar-refractivity contribution is -0.189. The van der Waals surface area contributed by atoms with Crippen LogP contribution in [-0.2, 0) is 11.2 Å². The Morgan fingerprint density at radius 3 is 2.55 bits per heavy atom. The quantitative estimate of drug-likeness (QED) is 0.864. The summed E-state index contributed by atoms with van der Waals surface area (Å²) in [5.41, 5.74) is 2.43. The Morgan fingerprint density at radius 2 is 2.00 bits per heavy atom. The van der Waals surface area contributed by atoms with Crippen LogP contribution >= 0.6 is 0 Å². The average molecular weight is 290 g/mol. The molecule has 1 heterocycles. The minimum atomic E-state index is -4.47. The van der Waals surface area contributed by atoms with Crippen LogP contribution in [0, 0.1) is 5.82 Å². The zero-order chi connectivity index (χ0) is 14.8. The third-order valence-corrected chi connectivity index (χ3v) is 3.25. The van der Waals surface area contributed by atoms with Crippen LogP contribution in [0.25, 0.3) is 0 Å². The van der Waals surface area contributed by atoms with Gasteiger partial charge in [-0.2, -0.15) is 13.2 Å².